The van der Waals surface area contributed by atoms with Gasteiger partial charge in [0.2, 0.25) is 0 Å². The van der Waals surface area contributed by atoms with Crippen LogP contribution in [0.3, 0.4) is 0 Å². The summed E-state index contributed by atoms with van der Waals surface area (Å²) >= 11 is 0. The number of carbonyl (C=O) groups is 1. The molecule has 3 heterocycles. The van der Waals surface area contributed by atoms with Gasteiger partial charge in [-0.2, -0.15) is 0 Å². The van der Waals surface area contributed by atoms with Gasteiger partial charge >= 0.3 is 5.97 Å². The molecule has 1 N–H and O–H groups in total. The van der Waals surface area contributed by atoms with Crippen molar-refractivity contribution in [1.29, 1.82) is 0 Å². The summed E-state index contributed by atoms with van der Waals surface area (Å²) in [7, 11) is 0. The van der Waals surface area contributed by atoms with Gasteiger partial charge in [0.1, 0.15) is 12.2 Å². The maximum Gasteiger partial charge on any atom is 0.330 e. The van der Waals surface area contributed by atoms with Crippen LogP contribution in [0.1, 0.15) is 13.8 Å². The molecule has 0 aromatic heterocycles. The highest BCUT2D eigenvalue weighted by atomic mass is 16.6. The Morgan fingerprint density at radius 1 is 1.44 bits per heavy atom. The van der Waals surface area contributed by atoms with Crippen LogP contribution in [0.5, 0.6) is 0 Å². The van der Waals surface area contributed by atoms with E-state index in [1.54, 1.807) is 13.8 Å². The molecule has 5 nitrogen and oxygen atoms in total. The zero-order valence-electron chi connectivity index (χ0n) is 10.5. The van der Waals surface area contributed by atoms with Crippen LogP contribution in [-0.4, -0.2) is 47.7 Å². The molecule has 6 atom stereocenters. The minimum atomic E-state index is -0.873. The van der Waals surface area contributed by atoms with E-state index in [9.17, 15) is 9.90 Å². The zero-order valence-corrected chi connectivity index (χ0v) is 10.5. The number of ether oxygens (including phenoxy) is 3. The van der Waals surface area contributed by atoms with Crippen LogP contribution in [0.4, 0.5) is 0 Å². The van der Waals surface area contributed by atoms with E-state index in [-0.39, 0.29) is 30.1 Å². The van der Waals surface area contributed by atoms with Crippen LogP contribution in [0.25, 0.3) is 0 Å². The number of rotatable bonds is 3. The summed E-state index contributed by atoms with van der Waals surface area (Å²) < 4.78 is 16.9. The molecule has 3 aliphatic heterocycles. The van der Waals surface area contributed by atoms with Crippen molar-refractivity contribution in [3.63, 3.8) is 0 Å². The van der Waals surface area contributed by atoms with Crippen LogP contribution in [0, 0.1) is 11.8 Å². The summed E-state index contributed by atoms with van der Waals surface area (Å²) in [6, 6.07) is 0. The van der Waals surface area contributed by atoms with Crippen molar-refractivity contribution in [2.24, 2.45) is 11.8 Å². The first-order chi connectivity index (χ1) is 8.43. The lowest BCUT2D eigenvalue weighted by atomic mass is 9.71. The average Bonchev–Trinajstić information content (AvgIpc) is 2.86. The minimum Gasteiger partial charge on any atom is -0.454 e. The van der Waals surface area contributed by atoms with Crippen LogP contribution in [0.2, 0.25) is 0 Å². The molecule has 0 amide bonds. The van der Waals surface area contributed by atoms with Gasteiger partial charge < -0.3 is 19.3 Å². The molecule has 0 radical (unpaired) electrons. The topological polar surface area (TPSA) is 65.0 Å². The lowest BCUT2D eigenvalue weighted by Crippen LogP contribution is -2.51. The second-order valence-corrected chi connectivity index (χ2v) is 5.81. The van der Waals surface area contributed by atoms with E-state index in [1.165, 1.54) is 0 Å². The maximum absolute atomic E-state index is 11.4. The molecule has 0 saturated carbocycles. The van der Waals surface area contributed by atoms with Gasteiger partial charge in [-0.15, -0.1) is 0 Å². The van der Waals surface area contributed by atoms with E-state index in [0.717, 1.165) is 6.08 Å². The smallest absolute Gasteiger partial charge is 0.330 e. The van der Waals surface area contributed by atoms with E-state index in [1.807, 2.05) is 0 Å². The number of esters is 1. The van der Waals surface area contributed by atoms with Gasteiger partial charge in [-0.3, -0.25) is 0 Å². The minimum absolute atomic E-state index is 0.0611. The Hall–Kier alpha value is -0.910. The second-order valence-electron chi connectivity index (χ2n) is 5.81. The summed E-state index contributed by atoms with van der Waals surface area (Å²) in [6.45, 7) is 7.48. The SMILES string of the molecule is C=CC(=O)OC1C2OCC3C2OC1C3C(C)(C)O. The van der Waals surface area contributed by atoms with Crippen molar-refractivity contribution < 1.29 is 24.1 Å². The Bertz CT molecular complexity index is 385. The molecule has 3 rings (SSSR count). The molecule has 0 aliphatic carbocycles. The van der Waals surface area contributed by atoms with Crippen LogP contribution >= 0.6 is 0 Å². The van der Waals surface area contributed by atoms with Gasteiger partial charge in [-0.1, -0.05) is 6.58 Å². The first kappa shape index (κ1) is 12.1. The highest BCUT2D eigenvalue weighted by molar-refractivity contribution is 5.81. The molecule has 18 heavy (non-hydrogen) atoms. The fourth-order valence-corrected chi connectivity index (χ4v) is 3.64. The van der Waals surface area contributed by atoms with E-state index < -0.39 is 17.7 Å². The molecular formula is C13H18O5. The first-order valence-corrected chi connectivity index (χ1v) is 6.26. The Morgan fingerprint density at radius 3 is 2.78 bits per heavy atom. The molecule has 6 unspecified atom stereocenters. The summed E-state index contributed by atoms with van der Waals surface area (Å²) in [6.07, 6.45) is 0.168. The number of hydrogen-bond donors (Lipinski definition) is 1. The van der Waals surface area contributed by atoms with E-state index in [4.69, 9.17) is 14.2 Å². The first-order valence-electron chi connectivity index (χ1n) is 6.26. The molecule has 3 fully saturated rings. The van der Waals surface area contributed by atoms with E-state index in [0.29, 0.717) is 6.61 Å². The number of carbonyl (C=O) groups excluding carboxylic acids is 1. The van der Waals surface area contributed by atoms with Crippen molar-refractivity contribution in [1.82, 2.24) is 0 Å². The molecule has 2 bridgehead atoms. The Kier molecular flexibility index (Phi) is 2.56. The normalized spacial score (nSPS) is 45.3. The van der Waals surface area contributed by atoms with E-state index >= 15 is 0 Å². The summed E-state index contributed by atoms with van der Waals surface area (Å²) in [5.41, 5.74) is -0.873. The maximum atomic E-state index is 11.4. The third kappa shape index (κ3) is 1.54. The standard InChI is InChI=1S/C13H18O5/c1-4-7(14)17-12-10-8(13(2,3)15)6-5-16-11(12)9(6)18-10/h4,6,8-12,15H,1,5H2,2-3H3. The van der Waals surface area contributed by atoms with Crippen molar-refractivity contribution in [2.45, 2.75) is 43.9 Å². The fraction of sp³-hybridized carbons (Fsp3) is 0.769. The summed E-state index contributed by atoms with van der Waals surface area (Å²) in [5.74, 6) is -0.347. The number of fused-ring (bicyclic) bond motifs is 1. The van der Waals surface area contributed by atoms with Gasteiger partial charge in [0.25, 0.3) is 0 Å². The van der Waals surface area contributed by atoms with Gasteiger partial charge in [-0.05, 0) is 13.8 Å². The molecule has 5 heteroatoms. The second kappa shape index (κ2) is 3.79. The third-order valence-corrected chi connectivity index (χ3v) is 4.24. The summed E-state index contributed by atoms with van der Waals surface area (Å²) in [4.78, 5) is 11.4. The molecule has 0 spiro atoms. The predicted octanol–water partition coefficient (Wildman–Crippen LogP) is 0.267. The molecule has 3 aliphatic rings. The van der Waals surface area contributed by atoms with Crippen molar-refractivity contribution >= 4 is 5.97 Å². The largest absolute Gasteiger partial charge is 0.454 e. The van der Waals surface area contributed by atoms with Crippen molar-refractivity contribution in [3.05, 3.63) is 12.7 Å². The van der Waals surface area contributed by atoms with Gasteiger partial charge in [0.15, 0.2) is 6.10 Å². The van der Waals surface area contributed by atoms with Crippen LogP contribution in [0.15, 0.2) is 12.7 Å². The molecule has 100 valence electrons. The lowest BCUT2D eigenvalue weighted by molar-refractivity contribution is -0.153. The molecular weight excluding hydrogens is 236 g/mol. The number of aliphatic hydroxyl groups is 1. The quantitative estimate of drug-likeness (QED) is 0.578. The zero-order chi connectivity index (χ0) is 13.1. The van der Waals surface area contributed by atoms with Crippen LogP contribution < -0.4 is 0 Å². The van der Waals surface area contributed by atoms with Gasteiger partial charge in [0.05, 0.1) is 18.3 Å². The summed E-state index contributed by atoms with van der Waals surface area (Å²) in [5, 5.41) is 10.3. The molecule has 0 aromatic carbocycles. The highest BCUT2D eigenvalue weighted by Crippen LogP contribution is 2.53. The third-order valence-electron chi connectivity index (χ3n) is 4.24. The van der Waals surface area contributed by atoms with Crippen molar-refractivity contribution in [3.8, 4) is 0 Å². The Labute approximate surface area is 106 Å². The van der Waals surface area contributed by atoms with Gasteiger partial charge in [0, 0.05) is 17.9 Å². The van der Waals surface area contributed by atoms with Crippen LogP contribution in [-0.2, 0) is 19.0 Å². The fourth-order valence-electron chi connectivity index (χ4n) is 3.64. The monoisotopic (exact) mass is 254 g/mol. The van der Waals surface area contributed by atoms with E-state index in [2.05, 4.69) is 6.58 Å². The number of hydrogen-bond acceptors (Lipinski definition) is 5. The molecule has 3 saturated heterocycles. The Balaban J connectivity index is 1.86. The average molecular weight is 254 g/mol. The lowest BCUT2D eigenvalue weighted by Gasteiger charge is -2.36. The Morgan fingerprint density at radius 2 is 2.17 bits per heavy atom. The molecule has 0 aromatic rings. The highest BCUT2D eigenvalue weighted by Gasteiger charge is 2.68. The van der Waals surface area contributed by atoms with Gasteiger partial charge in [-0.25, -0.2) is 4.79 Å². The predicted molar refractivity (Wildman–Crippen MR) is 61.8 cm³/mol. The van der Waals surface area contributed by atoms with Crippen molar-refractivity contribution in [2.75, 3.05) is 6.61 Å².